The molecule has 3 aromatic carbocycles. The number of alkyl halides is 1. The fraction of sp³-hybridized carbons (Fsp3) is 0.259. The molecular formula is C27H31Br2P. The number of rotatable bonds is 11. The maximum atomic E-state index is 3.52. The topological polar surface area (TPSA) is 0 Å². The third kappa shape index (κ3) is 6.64. The third-order valence-corrected chi connectivity index (χ3v) is 10.2. The zero-order valence-electron chi connectivity index (χ0n) is 17.5. The van der Waals surface area contributed by atoms with Crippen molar-refractivity contribution in [1.29, 1.82) is 0 Å². The van der Waals surface area contributed by atoms with E-state index in [1.807, 2.05) is 0 Å². The summed E-state index contributed by atoms with van der Waals surface area (Å²) in [7, 11) is -1.71. The Labute approximate surface area is 202 Å². The second kappa shape index (κ2) is 14.0. The molecular weight excluding hydrogens is 515 g/mol. The molecule has 3 heteroatoms. The van der Waals surface area contributed by atoms with Crippen LogP contribution >= 0.6 is 23.2 Å². The van der Waals surface area contributed by atoms with Crippen LogP contribution in [0.3, 0.4) is 0 Å². The lowest BCUT2D eigenvalue weighted by atomic mass is 10.1. The maximum absolute atomic E-state index is 3.52. The van der Waals surface area contributed by atoms with Crippen molar-refractivity contribution in [3.63, 3.8) is 0 Å². The van der Waals surface area contributed by atoms with E-state index in [0.29, 0.717) is 0 Å². The molecule has 3 rings (SSSR count). The minimum atomic E-state index is -1.71. The highest BCUT2D eigenvalue weighted by molar-refractivity contribution is 9.09. The molecule has 0 heterocycles. The predicted octanol–water partition coefficient (Wildman–Crippen LogP) is 3.89. The van der Waals surface area contributed by atoms with Crippen LogP contribution < -0.4 is 32.9 Å². The van der Waals surface area contributed by atoms with E-state index >= 15 is 0 Å². The normalized spacial score (nSPS) is 11.4. The van der Waals surface area contributed by atoms with Gasteiger partial charge in [-0.25, -0.2) is 0 Å². The van der Waals surface area contributed by atoms with Gasteiger partial charge in [0.15, 0.2) is 0 Å². The van der Waals surface area contributed by atoms with Crippen molar-refractivity contribution in [2.45, 2.75) is 32.1 Å². The molecule has 0 bridgehead atoms. The van der Waals surface area contributed by atoms with E-state index in [0.717, 1.165) is 11.5 Å². The van der Waals surface area contributed by atoms with Gasteiger partial charge in [0.1, 0.15) is 23.2 Å². The van der Waals surface area contributed by atoms with E-state index < -0.39 is 7.26 Å². The van der Waals surface area contributed by atoms with Gasteiger partial charge in [-0.05, 0) is 55.7 Å². The average molecular weight is 546 g/mol. The summed E-state index contributed by atoms with van der Waals surface area (Å²) < 4.78 is 0. The van der Waals surface area contributed by atoms with Gasteiger partial charge in [0, 0.05) is 5.33 Å². The van der Waals surface area contributed by atoms with E-state index in [1.54, 1.807) is 0 Å². The molecule has 0 aliphatic carbocycles. The lowest BCUT2D eigenvalue weighted by Gasteiger charge is -2.26. The Bertz CT molecular complexity index is 751. The highest BCUT2D eigenvalue weighted by Gasteiger charge is 2.43. The van der Waals surface area contributed by atoms with Crippen LogP contribution in [-0.4, -0.2) is 11.5 Å². The Morgan fingerprint density at radius 3 is 1.43 bits per heavy atom. The molecule has 0 atom stereocenters. The first kappa shape index (κ1) is 25.1. The van der Waals surface area contributed by atoms with Crippen LogP contribution in [0.25, 0.3) is 0 Å². The molecule has 0 aliphatic heterocycles. The summed E-state index contributed by atoms with van der Waals surface area (Å²) >= 11 is 3.52. The van der Waals surface area contributed by atoms with Gasteiger partial charge in [-0.3, -0.25) is 0 Å². The van der Waals surface area contributed by atoms with E-state index in [1.165, 1.54) is 48.0 Å². The van der Waals surface area contributed by atoms with E-state index in [4.69, 9.17) is 0 Å². The van der Waals surface area contributed by atoms with Gasteiger partial charge in [-0.15, -0.1) is 0 Å². The summed E-state index contributed by atoms with van der Waals surface area (Å²) in [6.45, 7) is 0. The van der Waals surface area contributed by atoms with Crippen LogP contribution in [0.2, 0.25) is 0 Å². The Kier molecular flexibility index (Phi) is 11.7. The number of allylic oxidation sites excluding steroid dienone is 2. The van der Waals surface area contributed by atoms with Gasteiger partial charge < -0.3 is 17.0 Å². The minimum absolute atomic E-state index is 0. The van der Waals surface area contributed by atoms with Crippen LogP contribution in [0.1, 0.15) is 32.1 Å². The molecule has 30 heavy (non-hydrogen) atoms. The van der Waals surface area contributed by atoms with Crippen molar-refractivity contribution in [2.24, 2.45) is 0 Å². The first-order valence-corrected chi connectivity index (χ1v) is 13.7. The molecule has 0 N–H and O–H groups in total. The number of benzene rings is 3. The summed E-state index contributed by atoms with van der Waals surface area (Å²) in [5.41, 5.74) is 0. The van der Waals surface area contributed by atoms with Crippen LogP contribution in [-0.2, 0) is 0 Å². The van der Waals surface area contributed by atoms with Gasteiger partial charge in [-0.2, -0.15) is 0 Å². The van der Waals surface area contributed by atoms with E-state index in [-0.39, 0.29) is 17.0 Å². The van der Waals surface area contributed by atoms with Crippen molar-refractivity contribution in [3.05, 3.63) is 103 Å². The molecule has 0 aromatic heterocycles. The fourth-order valence-electron chi connectivity index (χ4n) is 3.87. The van der Waals surface area contributed by atoms with E-state index in [9.17, 15) is 0 Å². The summed E-state index contributed by atoms with van der Waals surface area (Å²) in [6, 6.07) is 33.4. The van der Waals surface area contributed by atoms with Gasteiger partial charge in [-0.1, -0.05) is 95.5 Å². The third-order valence-electron chi connectivity index (χ3n) is 5.39. The summed E-state index contributed by atoms with van der Waals surface area (Å²) in [5, 5.41) is 5.50. The molecule has 0 fully saturated rings. The van der Waals surface area contributed by atoms with Crippen molar-refractivity contribution in [2.75, 3.05) is 11.5 Å². The molecule has 0 spiro atoms. The molecule has 158 valence electrons. The zero-order valence-corrected chi connectivity index (χ0v) is 21.5. The van der Waals surface area contributed by atoms with Crippen molar-refractivity contribution in [1.82, 2.24) is 0 Å². The molecule has 0 nitrogen and oxygen atoms in total. The highest BCUT2D eigenvalue weighted by Crippen LogP contribution is 2.55. The Balaban J connectivity index is 0.00000320. The molecule has 0 amide bonds. The monoisotopic (exact) mass is 544 g/mol. The first-order valence-electron chi connectivity index (χ1n) is 10.6. The first-order chi connectivity index (χ1) is 14.4. The maximum Gasteiger partial charge on any atom is 0.115 e. The quantitative estimate of drug-likeness (QED) is 0.148. The van der Waals surface area contributed by atoms with Crippen LogP contribution in [0, 0.1) is 0 Å². The molecule has 0 saturated carbocycles. The van der Waals surface area contributed by atoms with Gasteiger partial charge in [0.05, 0.1) is 6.16 Å². The zero-order chi connectivity index (χ0) is 20.2. The van der Waals surface area contributed by atoms with Crippen LogP contribution in [0.4, 0.5) is 0 Å². The second-order valence-corrected chi connectivity index (χ2v) is 11.7. The van der Waals surface area contributed by atoms with Crippen molar-refractivity contribution in [3.8, 4) is 0 Å². The Morgan fingerprint density at radius 2 is 1.00 bits per heavy atom. The molecule has 3 aromatic rings. The SMILES string of the molecule is BrCCCCCCC=CC[P+](c1ccccc1)(c1ccccc1)c1ccccc1.[Br-]. The van der Waals surface area contributed by atoms with Gasteiger partial charge in [0.2, 0.25) is 0 Å². The molecule has 0 unspecified atom stereocenters. The summed E-state index contributed by atoms with van der Waals surface area (Å²) in [5.74, 6) is 0. The number of hydrogen-bond donors (Lipinski definition) is 0. The van der Waals surface area contributed by atoms with Crippen LogP contribution in [0.15, 0.2) is 103 Å². The lowest BCUT2D eigenvalue weighted by Crippen LogP contribution is -3.00. The highest BCUT2D eigenvalue weighted by atomic mass is 79.9. The van der Waals surface area contributed by atoms with Crippen molar-refractivity contribution >= 4 is 39.1 Å². The lowest BCUT2D eigenvalue weighted by molar-refractivity contribution is -0.00000563. The number of hydrogen-bond acceptors (Lipinski definition) is 0. The summed E-state index contributed by atoms with van der Waals surface area (Å²) in [4.78, 5) is 0. The standard InChI is InChI=1S/C27H31BrP.BrH/c28-23-15-4-2-1-3-5-16-24-29(25-17-9-6-10-18-25,26-19-11-7-12-20-26)27-21-13-8-14-22-27;/h5-14,16-22H,1-4,15,23-24H2;1H/q+1;/p-1. The second-order valence-electron chi connectivity index (χ2n) is 7.36. The minimum Gasteiger partial charge on any atom is -1.00 e. The fourth-order valence-corrected chi connectivity index (χ4v) is 8.30. The molecule has 0 aliphatic rings. The van der Waals surface area contributed by atoms with Gasteiger partial charge >= 0.3 is 0 Å². The molecule has 0 saturated heterocycles. The Hall–Kier alpha value is -1.21. The predicted molar refractivity (Wildman–Crippen MR) is 136 cm³/mol. The molecule has 0 radical (unpaired) electrons. The van der Waals surface area contributed by atoms with E-state index in [2.05, 4.69) is 119 Å². The largest absolute Gasteiger partial charge is 1.00 e. The smallest absolute Gasteiger partial charge is 0.115 e. The van der Waals surface area contributed by atoms with Crippen LogP contribution in [0.5, 0.6) is 0 Å². The average Bonchev–Trinajstić information content (AvgIpc) is 2.80. The number of halogens is 2. The van der Waals surface area contributed by atoms with Gasteiger partial charge in [0.25, 0.3) is 0 Å². The Morgan fingerprint density at radius 1 is 0.567 bits per heavy atom. The number of unbranched alkanes of at least 4 members (excludes halogenated alkanes) is 4. The summed E-state index contributed by atoms with van der Waals surface area (Å²) in [6.07, 6.45) is 12.3. The van der Waals surface area contributed by atoms with Crippen molar-refractivity contribution < 1.29 is 17.0 Å².